The van der Waals surface area contributed by atoms with Gasteiger partial charge in [0.15, 0.2) is 12.4 Å². The fourth-order valence-electron chi connectivity index (χ4n) is 6.20. The number of ketones is 1. The first-order valence-electron chi connectivity index (χ1n) is 15.7. The predicted octanol–water partition coefficient (Wildman–Crippen LogP) is 6.24. The number of rotatable bonds is 11. The molecule has 3 aromatic carbocycles. The highest BCUT2D eigenvalue weighted by Gasteiger charge is 2.31. The predicted molar refractivity (Wildman–Crippen MR) is 172 cm³/mol. The number of amides is 1. The number of methoxy groups -OCH3 is 1. The fourth-order valence-corrected chi connectivity index (χ4v) is 6.20. The highest BCUT2D eigenvalue weighted by Crippen LogP contribution is 2.32. The Bertz CT molecular complexity index is 1720. The van der Waals surface area contributed by atoms with Gasteiger partial charge in [0.25, 0.3) is 5.91 Å². The number of alkyl halides is 3. The summed E-state index contributed by atoms with van der Waals surface area (Å²) in [5.41, 5.74) is 3.11. The number of benzene rings is 3. The van der Waals surface area contributed by atoms with E-state index < -0.39 is 18.7 Å². The normalized spacial score (nSPS) is 18.0. The Morgan fingerprint density at radius 3 is 2.34 bits per heavy atom. The molecule has 1 saturated carbocycles. The SMILES string of the molecule is C=C1C=c2ccc(C(=O)NCCOC)c(OCC(F)(F)F)c2=CN1CC1CCCC(C(=O)c2ccc(-c3ccc(F)cc3)cc2)CC1. The Morgan fingerprint density at radius 1 is 0.957 bits per heavy atom. The lowest BCUT2D eigenvalue weighted by molar-refractivity contribution is -0.153. The van der Waals surface area contributed by atoms with E-state index in [-0.39, 0.29) is 47.9 Å². The van der Waals surface area contributed by atoms with Crippen molar-refractivity contribution in [3.8, 4) is 16.9 Å². The van der Waals surface area contributed by atoms with Crippen LogP contribution in [0.2, 0.25) is 0 Å². The van der Waals surface area contributed by atoms with E-state index in [0.717, 1.165) is 43.2 Å². The second kappa shape index (κ2) is 15.0. The van der Waals surface area contributed by atoms with Gasteiger partial charge in [-0.25, -0.2) is 4.39 Å². The van der Waals surface area contributed by atoms with Crippen molar-refractivity contribution < 1.29 is 36.6 Å². The molecule has 2 aliphatic rings. The zero-order valence-electron chi connectivity index (χ0n) is 26.2. The third kappa shape index (κ3) is 8.68. The van der Waals surface area contributed by atoms with Crippen molar-refractivity contribution in [2.75, 3.05) is 33.4 Å². The van der Waals surface area contributed by atoms with Crippen LogP contribution in [0.4, 0.5) is 17.6 Å². The third-order valence-corrected chi connectivity index (χ3v) is 8.68. The van der Waals surface area contributed by atoms with Crippen molar-refractivity contribution in [2.45, 2.75) is 38.3 Å². The zero-order chi connectivity index (χ0) is 33.6. The molecule has 47 heavy (non-hydrogen) atoms. The molecule has 1 amide bonds. The molecule has 0 saturated heterocycles. The van der Waals surface area contributed by atoms with Crippen LogP contribution in [0.5, 0.6) is 5.75 Å². The first-order valence-corrected chi connectivity index (χ1v) is 15.7. The molecule has 0 radical (unpaired) electrons. The number of hydrogen-bond acceptors (Lipinski definition) is 5. The monoisotopic (exact) mass is 650 g/mol. The van der Waals surface area contributed by atoms with Crippen LogP contribution in [0.1, 0.15) is 52.8 Å². The maximum absolute atomic E-state index is 13.5. The molecule has 10 heteroatoms. The minimum Gasteiger partial charge on any atom is -0.483 e. The minimum atomic E-state index is -4.59. The van der Waals surface area contributed by atoms with Gasteiger partial charge >= 0.3 is 6.18 Å². The summed E-state index contributed by atoms with van der Waals surface area (Å²) >= 11 is 0. The van der Waals surface area contributed by atoms with Crippen molar-refractivity contribution >= 4 is 24.0 Å². The van der Waals surface area contributed by atoms with Crippen LogP contribution in [-0.4, -0.2) is 56.2 Å². The number of allylic oxidation sites excluding steroid dienone is 1. The van der Waals surface area contributed by atoms with Gasteiger partial charge in [-0.3, -0.25) is 9.59 Å². The summed E-state index contributed by atoms with van der Waals surface area (Å²) in [7, 11) is 1.48. The third-order valence-electron chi connectivity index (χ3n) is 8.68. The standard InChI is InChI=1S/C37H38F4N2O4/c1-24-20-30-14-17-32(36(45)42-18-19-46-2)35(47-23-37(39,40)41)33(30)22-43(24)21-25-4-3-5-28(7-6-25)34(44)29-10-8-26(9-11-29)27-12-15-31(38)16-13-27/h8-17,20,22,25,28H,1,3-7,18-19,21,23H2,2H3,(H,42,45). The second-order valence-electron chi connectivity index (χ2n) is 12.0. The number of fused-ring (bicyclic) bond motifs is 1. The Kier molecular flexibility index (Phi) is 10.8. The molecule has 5 rings (SSSR count). The smallest absolute Gasteiger partial charge is 0.422 e. The molecule has 1 N–H and O–H groups in total. The van der Waals surface area contributed by atoms with Crippen molar-refractivity contribution in [3.05, 3.63) is 100 Å². The molecule has 248 valence electrons. The molecule has 1 fully saturated rings. The number of ether oxygens (including phenoxy) is 2. The number of carbonyl (C=O) groups excluding carboxylic acids is 2. The molecule has 1 aliphatic carbocycles. The molecular weight excluding hydrogens is 612 g/mol. The van der Waals surface area contributed by atoms with Crippen molar-refractivity contribution in [3.63, 3.8) is 0 Å². The van der Waals surface area contributed by atoms with E-state index in [1.807, 2.05) is 29.2 Å². The summed E-state index contributed by atoms with van der Waals surface area (Å²) in [6.45, 7) is 3.64. The van der Waals surface area contributed by atoms with Gasteiger partial charge < -0.3 is 19.7 Å². The molecule has 6 nitrogen and oxygen atoms in total. The first-order chi connectivity index (χ1) is 22.5. The lowest BCUT2D eigenvalue weighted by Gasteiger charge is -2.28. The van der Waals surface area contributed by atoms with Gasteiger partial charge in [0, 0.05) is 48.8 Å². The largest absolute Gasteiger partial charge is 0.483 e. The highest BCUT2D eigenvalue weighted by atomic mass is 19.4. The van der Waals surface area contributed by atoms with Crippen molar-refractivity contribution in [1.29, 1.82) is 0 Å². The Labute approximate surface area is 271 Å². The van der Waals surface area contributed by atoms with Crippen molar-refractivity contribution in [1.82, 2.24) is 10.2 Å². The van der Waals surface area contributed by atoms with Crippen LogP contribution in [0.15, 0.2) is 72.9 Å². The van der Waals surface area contributed by atoms with E-state index >= 15 is 0 Å². The van der Waals surface area contributed by atoms with Crippen LogP contribution < -0.4 is 20.5 Å². The Hall–Kier alpha value is -4.44. The highest BCUT2D eigenvalue weighted by molar-refractivity contribution is 5.98. The van der Waals surface area contributed by atoms with Crippen LogP contribution in [0, 0.1) is 17.7 Å². The number of halogens is 4. The Morgan fingerprint density at radius 2 is 1.66 bits per heavy atom. The first kappa shape index (κ1) is 33.9. The number of carbonyl (C=O) groups is 2. The summed E-state index contributed by atoms with van der Waals surface area (Å²) in [5.74, 6) is -0.785. The van der Waals surface area contributed by atoms with E-state index in [9.17, 15) is 27.2 Å². The van der Waals surface area contributed by atoms with E-state index in [1.165, 1.54) is 25.3 Å². The molecule has 2 unspecified atom stereocenters. The summed E-state index contributed by atoms with van der Waals surface area (Å²) in [5, 5.41) is 3.64. The van der Waals surface area contributed by atoms with Gasteiger partial charge in [-0.1, -0.05) is 55.5 Å². The lowest BCUT2D eigenvalue weighted by atomic mass is 9.90. The molecule has 0 spiro atoms. The fraction of sp³-hybridized carbons (Fsp3) is 0.351. The molecular formula is C37H38F4N2O4. The minimum absolute atomic E-state index is 0.00253. The molecule has 1 heterocycles. The van der Waals surface area contributed by atoms with Gasteiger partial charge in [0.1, 0.15) is 11.6 Å². The number of nitrogens with one attached hydrogen (secondary N) is 1. The van der Waals surface area contributed by atoms with Crippen molar-refractivity contribution in [2.24, 2.45) is 11.8 Å². The average molecular weight is 651 g/mol. The van der Waals surface area contributed by atoms with Crippen LogP contribution in [0.25, 0.3) is 23.4 Å². The zero-order valence-corrected chi connectivity index (χ0v) is 26.2. The molecule has 3 aromatic rings. The number of nitrogens with zero attached hydrogens (tertiary/aromatic N) is 1. The topological polar surface area (TPSA) is 67.9 Å². The van der Waals surface area contributed by atoms with Gasteiger partial charge in [-0.05, 0) is 72.2 Å². The summed E-state index contributed by atoms with van der Waals surface area (Å²) in [6.07, 6.45) is 2.94. The van der Waals surface area contributed by atoms with Gasteiger partial charge in [0.05, 0.1) is 12.2 Å². The van der Waals surface area contributed by atoms with Gasteiger partial charge in [-0.2, -0.15) is 13.2 Å². The quantitative estimate of drug-likeness (QED) is 0.115. The molecule has 2 atom stereocenters. The van der Waals surface area contributed by atoms with Crippen LogP contribution in [0.3, 0.4) is 0 Å². The average Bonchev–Trinajstić information content (AvgIpc) is 3.29. The second-order valence-corrected chi connectivity index (χ2v) is 12.0. The maximum Gasteiger partial charge on any atom is 0.422 e. The summed E-state index contributed by atoms with van der Waals surface area (Å²) < 4.78 is 63.2. The van der Waals surface area contributed by atoms with E-state index in [1.54, 1.807) is 30.5 Å². The van der Waals surface area contributed by atoms with E-state index in [2.05, 4.69) is 11.9 Å². The van der Waals surface area contributed by atoms with E-state index in [4.69, 9.17) is 9.47 Å². The maximum atomic E-state index is 13.5. The molecule has 1 aliphatic heterocycles. The van der Waals surface area contributed by atoms with Gasteiger partial charge in [-0.15, -0.1) is 0 Å². The van der Waals surface area contributed by atoms with Crippen LogP contribution in [-0.2, 0) is 4.74 Å². The van der Waals surface area contributed by atoms with E-state index in [0.29, 0.717) is 28.2 Å². The summed E-state index contributed by atoms with van der Waals surface area (Å²) in [4.78, 5) is 28.3. The molecule has 0 aromatic heterocycles. The number of hydrogen-bond donors (Lipinski definition) is 1. The lowest BCUT2D eigenvalue weighted by Crippen LogP contribution is -2.39. The van der Waals surface area contributed by atoms with Gasteiger partial charge in [0.2, 0.25) is 0 Å². The number of Topliss-reactive ketones (excluding diaryl/α,β-unsaturated/α-hetero) is 1. The molecule has 0 bridgehead atoms. The Balaban J connectivity index is 1.29. The van der Waals surface area contributed by atoms with Crippen LogP contribution >= 0.6 is 0 Å². The summed E-state index contributed by atoms with van der Waals surface area (Å²) in [6, 6.07) is 16.8.